The molecule has 0 bridgehead atoms. The first kappa shape index (κ1) is 20.4. The van der Waals surface area contributed by atoms with E-state index in [0.29, 0.717) is 24.1 Å². The molecule has 6 rings (SSSR count). The van der Waals surface area contributed by atoms with E-state index in [-0.39, 0.29) is 11.8 Å². The molecule has 0 aromatic carbocycles. The maximum Gasteiger partial charge on any atom is 0.228 e. The summed E-state index contributed by atoms with van der Waals surface area (Å²) in [6.45, 7) is 4.74. The second kappa shape index (κ2) is 8.30. The van der Waals surface area contributed by atoms with Crippen molar-refractivity contribution in [3.05, 3.63) is 42.1 Å². The van der Waals surface area contributed by atoms with Crippen molar-refractivity contribution in [3.8, 4) is 0 Å². The molecule has 3 aromatic rings. The Morgan fingerprint density at radius 3 is 2.58 bits per heavy atom. The summed E-state index contributed by atoms with van der Waals surface area (Å²) in [4.78, 5) is 30.3. The highest BCUT2D eigenvalue weighted by molar-refractivity contribution is 5.93. The van der Waals surface area contributed by atoms with Crippen LogP contribution >= 0.6 is 0 Å². The quantitative estimate of drug-likeness (QED) is 0.577. The van der Waals surface area contributed by atoms with Crippen molar-refractivity contribution >= 4 is 28.9 Å². The maximum atomic E-state index is 12.0. The Bertz CT molecular complexity index is 1170. The van der Waals surface area contributed by atoms with Crippen LogP contribution in [0.5, 0.6) is 0 Å². The minimum Gasteiger partial charge on any atom is -0.366 e. The van der Waals surface area contributed by atoms with E-state index in [2.05, 4.69) is 60.3 Å². The summed E-state index contributed by atoms with van der Waals surface area (Å²) >= 11 is 0. The molecule has 2 aliphatic carbocycles. The highest BCUT2D eigenvalue weighted by atomic mass is 16.2. The minimum absolute atomic E-state index is 0.0444. The van der Waals surface area contributed by atoms with Gasteiger partial charge >= 0.3 is 0 Å². The van der Waals surface area contributed by atoms with Crippen LogP contribution in [0.2, 0.25) is 0 Å². The molecule has 9 heteroatoms. The van der Waals surface area contributed by atoms with Crippen LogP contribution in [0.3, 0.4) is 0 Å². The van der Waals surface area contributed by atoms with E-state index in [1.165, 1.54) is 30.4 Å². The molecule has 2 N–H and O–H groups in total. The van der Waals surface area contributed by atoms with Crippen LogP contribution in [-0.2, 0) is 11.3 Å². The third-order valence-corrected chi connectivity index (χ3v) is 6.81. The van der Waals surface area contributed by atoms with Crippen LogP contribution in [0, 0.1) is 5.92 Å². The second-order valence-corrected chi connectivity index (χ2v) is 9.59. The number of aromatic nitrogens is 4. The van der Waals surface area contributed by atoms with E-state index in [9.17, 15) is 4.79 Å². The molecule has 3 fully saturated rings. The number of hydrogen-bond donors (Lipinski definition) is 2. The van der Waals surface area contributed by atoms with E-state index in [4.69, 9.17) is 4.98 Å². The number of pyridine rings is 1. The van der Waals surface area contributed by atoms with Gasteiger partial charge in [-0.25, -0.2) is 15.0 Å². The normalized spacial score (nSPS) is 19.1. The molecule has 33 heavy (non-hydrogen) atoms. The number of piperazine rings is 1. The van der Waals surface area contributed by atoms with Crippen LogP contribution in [0.25, 0.3) is 5.65 Å². The van der Waals surface area contributed by atoms with Gasteiger partial charge in [0, 0.05) is 50.6 Å². The summed E-state index contributed by atoms with van der Waals surface area (Å²) < 4.78 is 2.19. The van der Waals surface area contributed by atoms with Crippen molar-refractivity contribution in [2.24, 2.45) is 5.92 Å². The Kier molecular flexibility index (Phi) is 5.13. The molecular formula is C24H30N8O. The number of fused-ring (bicyclic) bond motifs is 1. The summed E-state index contributed by atoms with van der Waals surface area (Å²) in [5.41, 5.74) is 4.63. The molecule has 172 valence electrons. The monoisotopic (exact) mass is 446 g/mol. The number of amides is 1. The highest BCUT2D eigenvalue weighted by Crippen LogP contribution is 2.42. The van der Waals surface area contributed by atoms with Crippen LogP contribution in [0.4, 0.5) is 17.3 Å². The molecule has 3 aromatic heterocycles. The van der Waals surface area contributed by atoms with Gasteiger partial charge in [0.15, 0.2) is 5.65 Å². The van der Waals surface area contributed by atoms with Gasteiger partial charge in [-0.1, -0.05) is 0 Å². The lowest BCUT2D eigenvalue weighted by Crippen LogP contribution is -2.44. The fraction of sp³-hybridized carbons (Fsp3) is 0.500. The first-order chi connectivity index (χ1) is 16.1. The molecule has 0 radical (unpaired) electrons. The van der Waals surface area contributed by atoms with Gasteiger partial charge in [0.2, 0.25) is 5.91 Å². The molecule has 2 saturated carbocycles. The van der Waals surface area contributed by atoms with E-state index in [0.717, 1.165) is 50.4 Å². The maximum absolute atomic E-state index is 12.0. The van der Waals surface area contributed by atoms with Gasteiger partial charge in [0.05, 0.1) is 17.9 Å². The Morgan fingerprint density at radius 1 is 1.03 bits per heavy atom. The Balaban J connectivity index is 1.21. The Hall–Kier alpha value is -3.20. The third kappa shape index (κ3) is 4.50. The number of nitrogens with zero attached hydrogens (tertiary/aromatic N) is 6. The third-order valence-electron chi connectivity index (χ3n) is 6.81. The fourth-order valence-corrected chi connectivity index (χ4v) is 4.43. The number of hydrogen-bond acceptors (Lipinski definition) is 7. The number of nitrogens with one attached hydrogen (secondary N) is 2. The van der Waals surface area contributed by atoms with E-state index < -0.39 is 0 Å². The topological polar surface area (TPSA) is 90.7 Å². The SMILES string of the molecule is CN1CCN(c2cc(C3CC3)cn3cc(CNc4cc(NC(=O)C5CC5)ncn4)nc23)CC1. The van der Waals surface area contributed by atoms with Gasteiger partial charge in [0.1, 0.15) is 18.0 Å². The van der Waals surface area contributed by atoms with Crippen LogP contribution in [-0.4, -0.2) is 63.4 Å². The number of carbonyl (C=O) groups is 1. The number of carbonyl (C=O) groups excluding carboxylic acids is 1. The zero-order chi connectivity index (χ0) is 22.4. The predicted octanol–water partition coefficient (Wildman–Crippen LogP) is 2.71. The molecule has 1 saturated heterocycles. The van der Waals surface area contributed by atoms with Gasteiger partial charge < -0.3 is 24.8 Å². The first-order valence-corrected chi connectivity index (χ1v) is 11.9. The van der Waals surface area contributed by atoms with Gasteiger partial charge in [-0.2, -0.15) is 0 Å². The molecule has 3 aliphatic rings. The van der Waals surface area contributed by atoms with Gasteiger partial charge in [-0.3, -0.25) is 4.79 Å². The summed E-state index contributed by atoms with van der Waals surface area (Å²) in [7, 11) is 2.18. The largest absolute Gasteiger partial charge is 0.366 e. The molecule has 0 atom stereocenters. The molecule has 1 aliphatic heterocycles. The van der Waals surface area contributed by atoms with Crippen LogP contribution in [0.1, 0.15) is 42.9 Å². The van der Waals surface area contributed by atoms with Gasteiger partial charge in [-0.05, 0) is 50.3 Å². The zero-order valence-electron chi connectivity index (χ0n) is 19.0. The minimum atomic E-state index is 0.0444. The standard InChI is InChI=1S/C24H30N8O/c1-30-6-8-31(9-7-30)20-10-18(16-2-3-16)13-32-14-19(28-23(20)32)12-25-21-11-22(27-15-26-21)29-24(33)17-4-5-17/h10-11,13-17H,2-9,12H2,1H3,(H2,25,26,27,29,33). The fourth-order valence-electron chi connectivity index (χ4n) is 4.43. The van der Waals surface area contributed by atoms with Crippen molar-refractivity contribution in [1.82, 2.24) is 24.3 Å². The lowest BCUT2D eigenvalue weighted by atomic mass is 10.1. The summed E-state index contributed by atoms with van der Waals surface area (Å²) in [5.74, 6) is 2.08. The van der Waals surface area contributed by atoms with Crippen LogP contribution < -0.4 is 15.5 Å². The number of likely N-dealkylation sites (N-methyl/N-ethyl adjacent to an activating group) is 1. The smallest absolute Gasteiger partial charge is 0.228 e. The number of anilines is 3. The van der Waals surface area contributed by atoms with Crippen molar-refractivity contribution in [3.63, 3.8) is 0 Å². The van der Waals surface area contributed by atoms with Gasteiger partial charge in [-0.15, -0.1) is 0 Å². The van der Waals surface area contributed by atoms with Crippen molar-refractivity contribution in [1.29, 1.82) is 0 Å². The van der Waals surface area contributed by atoms with Crippen molar-refractivity contribution < 1.29 is 4.79 Å². The number of rotatable bonds is 7. The lowest BCUT2D eigenvalue weighted by molar-refractivity contribution is -0.117. The first-order valence-electron chi connectivity index (χ1n) is 11.9. The molecule has 4 heterocycles. The second-order valence-electron chi connectivity index (χ2n) is 9.59. The average molecular weight is 447 g/mol. The molecule has 1 amide bonds. The van der Waals surface area contributed by atoms with Crippen LogP contribution in [0.15, 0.2) is 30.9 Å². The lowest BCUT2D eigenvalue weighted by Gasteiger charge is -2.34. The highest BCUT2D eigenvalue weighted by Gasteiger charge is 2.30. The van der Waals surface area contributed by atoms with Crippen molar-refractivity contribution in [2.45, 2.75) is 38.1 Å². The van der Waals surface area contributed by atoms with Gasteiger partial charge in [0.25, 0.3) is 0 Å². The molecule has 0 spiro atoms. The predicted molar refractivity (Wildman–Crippen MR) is 128 cm³/mol. The zero-order valence-corrected chi connectivity index (χ0v) is 19.0. The van der Waals surface area contributed by atoms with E-state index in [1.54, 1.807) is 6.07 Å². The molecular weight excluding hydrogens is 416 g/mol. The van der Waals surface area contributed by atoms with E-state index in [1.807, 2.05) is 0 Å². The Morgan fingerprint density at radius 2 is 1.82 bits per heavy atom. The molecule has 9 nitrogen and oxygen atoms in total. The molecule has 0 unspecified atom stereocenters. The average Bonchev–Trinajstić information content (AvgIpc) is 3.74. The summed E-state index contributed by atoms with van der Waals surface area (Å²) in [6.07, 6.45) is 10.3. The summed E-state index contributed by atoms with van der Waals surface area (Å²) in [5, 5.41) is 6.21. The summed E-state index contributed by atoms with van der Waals surface area (Å²) in [6, 6.07) is 4.14. The number of imidazole rings is 1. The van der Waals surface area contributed by atoms with Crippen molar-refractivity contribution in [2.75, 3.05) is 48.8 Å². The Labute approximate surface area is 193 Å². The van der Waals surface area contributed by atoms with E-state index >= 15 is 0 Å².